The summed E-state index contributed by atoms with van der Waals surface area (Å²) < 4.78 is 0. The second-order valence-corrected chi connectivity index (χ2v) is 5.97. The van der Waals surface area contributed by atoms with E-state index >= 15 is 0 Å². The molecule has 0 aliphatic rings. The summed E-state index contributed by atoms with van der Waals surface area (Å²) in [6.07, 6.45) is 2.34. The summed E-state index contributed by atoms with van der Waals surface area (Å²) in [5.74, 6) is 0.880. The maximum absolute atomic E-state index is 5.57. The molecule has 6 nitrogen and oxygen atoms in total. The lowest BCUT2D eigenvalue weighted by atomic mass is 10.2. The summed E-state index contributed by atoms with van der Waals surface area (Å²) in [7, 11) is 2.00. The van der Waals surface area contributed by atoms with Gasteiger partial charge in [-0.2, -0.15) is 5.10 Å². The number of aromatic amines is 1. The Labute approximate surface area is 133 Å². The summed E-state index contributed by atoms with van der Waals surface area (Å²) in [6.45, 7) is 1.29. The summed E-state index contributed by atoms with van der Waals surface area (Å²) in [4.78, 5) is 11.8. The van der Waals surface area contributed by atoms with Gasteiger partial charge in [0, 0.05) is 25.2 Å². The number of aromatic nitrogens is 4. The summed E-state index contributed by atoms with van der Waals surface area (Å²) in [5, 5.41) is 9.50. The van der Waals surface area contributed by atoms with Crippen molar-refractivity contribution in [2.24, 2.45) is 5.73 Å². The minimum Gasteiger partial charge on any atom is -0.354 e. The molecule has 22 heavy (non-hydrogen) atoms. The molecular formula is C15H18N6S. The van der Waals surface area contributed by atoms with Gasteiger partial charge in [0.15, 0.2) is 0 Å². The van der Waals surface area contributed by atoms with Crippen LogP contribution in [0.3, 0.4) is 0 Å². The number of hydrogen-bond donors (Lipinski definition) is 2. The number of thiophene rings is 1. The van der Waals surface area contributed by atoms with E-state index in [0.29, 0.717) is 13.1 Å². The zero-order chi connectivity index (χ0) is 15.4. The number of nitrogens with one attached hydrogen (secondary N) is 1. The molecule has 0 amide bonds. The fraction of sp³-hybridized carbons (Fsp3) is 0.267. The zero-order valence-corrected chi connectivity index (χ0v) is 13.2. The largest absolute Gasteiger partial charge is 0.354 e. The Kier molecular flexibility index (Phi) is 4.45. The predicted octanol–water partition coefficient (Wildman–Crippen LogP) is 2.07. The Morgan fingerprint density at radius 2 is 2.23 bits per heavy atom. The highest BCUT2D eigenvalue weighted by atomic mass is 32.1. The van der Waals surface area contributed by atoms with Gasteiger partial charge in [-0.25, -0.2) is 9.97 Å². The van der Waals surface area contributed by atoms with Gasteiger partial charge in [0.2, 0.25) is 0 Å². The van der Waals surface area contributed by atoms with Crippen molar-refractivity contribution in [2.75, 3.05) is 18.5 Å². The lowest BCUT2D eigenvalue weighted by Crippen LogP contribution is -2.18. The van der Waals surface area contributed by atoms with Crippen LogP contribution in [0.5, 0.6) is 0 Å². The fourth-order valence-corrected chi connectivity index (χ4v) is 2.89. The van der Waals surface area contributed by atoms with E-state index in [9.17, 15) is 0 Å². The molecule has 3 aromatic heterocycles. The maximum atomic E-state index is 5.57. The number of H-pyrrole nitrogens is 1. The van der Waals surface area contributed by atoms with Gasteiger partial charge in [0.1, 0.15) is 17.8 Å². The third kappa shape index (κ3) is 3.32. The molecular weight excluding hydrogens is 296 g/mol. The molecule has 3 heterocycles. The fourth-order valence-electron chi connectivity index (χ4n) is 2.21. The molecule has 7 heteroatoms. The van der Waals surface area contributed by atoms with Crippen LogP contribution < -0.4 is 10.6 Å². The Morgan fingerprint density at radius 3 is 3.00 bits per heavy atom. The highest BCUT2D eigenvalue weighted by molar-refractivity contribution is 7.13. The van der Waals surface area contributed by atoms with Crippen molar-refractivity contribution in [1.82, 2.24) is 20.2 Å². The van der Waals surface area contributed by atoms with E-state index in [2.05, 4.69) is 42.6 Å². The van der Waals surface area contributed by atoms with Crippen molar-refractivity contribution in [1.29, 1.82) is 0 Å². The van der Waals surface area contributed by atoms with E-state index in [4.69, 9.17) is 5.73 Å². The van der Waals surface area contributed by atoms with Crippen LogP contribution in [0.15, 0.2) is 36.0 Å². The van der Waals surface area contributed by atoms with Gasteiger partial charge in [-0.1, -0.05) is 6.07 Å². The smallest absolute Gasteiger partial charge is 0.132 e. The van der Waals surface area contributed by atoms with E-state index in [1.54, 1.807) is 17.7 Å². The van der Waals surface area contributed by atoms with Crippen molar-refractivity contribution in [2.45, 2.75) is 13.0 Å². The van der Waals surface area contributed by atoms with Crippen LogP contribution >= 0.6 is 11.3 Å². The minimum absolute atomic E-state index is 0.588. The van der Waals surface area contributed by atoms with Crippen molar-refractivity contribution in [3.05, 3.63) is 47.4 Å². The van der Waals surface area contributed by atoms with Crippen molar-refractivity contribution in [3.8, 4) is 10.6 Å². The van der Waals surface area contributed by atoms with Crippen LogP contribution in [0.1, 0.15) is 11.4 Å². The molecule has 3 aromatic rings. The van der Waals surface area contributed by atoms with Crippen LogP contribution in [0, 0.1) is 0 Å². The lowest BCUT2D eigenvalue weighted by Gasteiger charge is -2.17. The molecule has 0 bridgehead atoms. The molecule has 114 valence electrons. The molecule has 0 aliphatic carbocycles. The monoisotopic (exact) mass is 314 g/mol. The SMILES string of the molecule is CN(Cc1cc(-c2cccs2)n[nH]1)c1cc(CCN)ncn1. The van der Waals surface area contributed by atoms with Gasteiger partial charge in [-0.3, -0.25) is 5.10 Å². The Hall–Kier alpha value is -2.25. The predicted molar refractivity (Wildman–Crippen MR) is 88.8 cm³/mol. The van der Waals surface area contributed by atoms with E-state index < -0.39 is 0 Å². The molecule has 0 unspecified atom stereocenters. The van der Waals surface area contributed by atoms with Gasteiger partial charge < -0.3 is 10.6 Å². The highest BCUT2D eigenvalue weighted by Gasteiger charge is 2.09. The highest BCUT2D eigenvalue weighted by Crippen LogP contribution is 2.23. The normalized spacial score (nSPS) is 10.8. The van der Waals surface area contributed by atoms with Gasteiger partial charge in [0.25, 0.3) is 0 Å². The van der Waals surface area contributed by atoms with Crippen molar-refractivity contribution >= 4 is 17.2 Å². The minimum atomic E-state index is 0.588. The molecule has 0 aliphatic heterocycles. The molecule has 0 radical (unpaired) electrons. The van der Waals surface area contributed by atoms with Gasteiger partial charge in [-0.15, -0.1) is 11.3 Å². The third-order valence-electron chi connectivity index (χ3n) is 3.31. The van der Waals surface area contributed by atoms with Crippen LogP contribution in [0.25, 0.3) is 10.6 Å². The third-order valence-corrected chi connectivity index (χ3v) is 4.21. The number of hydrogen-bond acceptors (Lipinski definition) is 6. The molecule has 0 saturated carbocycles. The molecule has 0 saturated heterocycles. The van der Waals surface area contributed by atoms with E-state index in [1.165, 1.54) is 0 Å². The molecule has 0 fully saturated rings. The Morgan fingerprint density at radius 1 is 1.32 bits per heavy atom. The van der Waals surface area contributed by atoms with Gasteiger partial charge in [0.05, 0.1) is 17.1 Å². The molecule has 0 aromatic carbocycles. The van der Waals surface area contributed by atoms with Crippen LogP contribution in [0.4, 0.5) is 5.82 Å². The topological polar surface area (TPSA) is 83.7 Å². The van der Waals surface area contributed by atoms with Crippen LogP contribution in [0.2, 0.25) is 0 Å². The van der Waals surface area contributed by atoms with Gasteiger partial charge in [-0.05, 0) is 24.1 Å². The number of rotatable bonds is 6. The maximum Gasteiger partial charge on any atom is 0.132 e. The average molecular weight is 314 g/mol. The molecule has 0 atom stereocenters. The second kappa shape index (κ2) is 6.67. The van der Waals surface area contributed by atoms with E-state index in [1.807, 2.05) is 19.2 Å². The molecule has 0 spiro atoms. The van der Waals surface area contributed by atoms with Crippen molar-refractivity contribution in [3.63, 3.8) is 0 Å². The summed E-state index contributed by atoms with van der Waals surface area (Å²) in [5.41, 5.74) is 8.56. The summed E-state index contributed by atoms with van der Waals surface area (Å²) in [6, 6.07) is 8.14. The lowest BCUT2D eigenvalue weighted by molar-refractivity contribution is 0.837. The first-order valence-corrected chi connectivity index (χ1v) is 7.94. The second-order valence-electron chi connectivity index (χ2n) is 5.02. The number of nitrogens with zero attached hydrogens (tertiary/aromatic N) is 4. The quantitative estimate of drug-likeness (QED) is 0.727. The first-order valence-electron chi connectivity index (χ1n) is 7.06. The van der Waals surface area contributed by atoms with Crippen molar-refractivity contribution < 1.29 is 0 Å². The Bertz CT molecular complexity index is 721. The van der Waals surface area contributed by atoms with Crippen LogP contribution in [-0.4, -0.2) is 33.8 Å². The van der Waals surface area contributed by atoms with E-state index in [0.717, 1.165) is 34.2 Å². The first-order chi connectivity index (χ1) is 10.8. The number of nitrogens with two attached hydrogens (primary N) is 1. The molecule has 3 N–H and O–H groups in total. The Balaban J connectivity index is 1.71. The summed E-state index contributed by atoms with van der Waals surface area (Å²) >= 11 is 1.68. The average Bonchev–Trinajstić information content (AvgIpc) is 3.18. The van der Waals surface area contributed by atoms with E-state index in [-0.39, 0.29) is 0 Å². The standard InChI is InChI=1S/C15H18N6S/c1-21(15-8-11(4-5-16)17-10-18-15)9-12-7-13(20-19-12)14-3-2-6-22-14/h2-3,6-8,10H,4-5,9,16H2,1H3,(H,19,20). The van der Waals surface area contributed by atoms with Gasteiger partial charge >= 0.3 is 0 Å². The number of anilines is 1. The first kappa shape index (κ1) is 14.7. The van der Waals surface area contributed by atoms with Crippen LogP contribution in [-0.2, 0) is 13.0 Å². The molecule has 3 rings (SSSR count). The zero-order valence-electron chi connectivity index (χ0n) is 12.4.